The summed E-state index contributed by atoms with van der Waals surface area (Å²) in [6.07, 6.45) is 6.24. The molecule has 4 aromatic rings. The van der Waals surface area contributed by atoms with Crippen LogP contribution in [-0.2, 0) is 0 Å². The van der Waals surface area contributed by atoms with E-state index >= 15 is 0 Å². The van der Waals surface area contributed by atoms with Crippen LogP contribution in [0.25, 0.3) is 16.9 Å². The van der Waals surface area contributed by atoms with E-state index < -0.39 is 0 Å². The lowest BCUT2D eigenvalue weighted by Crippen LogP contribution is -2.32. The Morgan fingerprint density at radius 3 is 2.77 bits per heavy atom. The second-order valence-electron chi connectivity index (χ2n) is 7.65. The van der Waals surface area contributed by atoms with Gasteiger partial charge in [-0.25, -0.2) is 9.97 Å². The number of rotatable bonds is 3. The predicted molar refractivity (Wildman–Crippen MR) is 112 cm³/mol. The van der Waals surface area contributed by atoms with Gasteiger partial charge >= 0.3 is 0 Å². The average molecular weight is 401 g/mol. The van der Waals surface area contributed by atoms with E-state index in [1.165, 1.54) is 0 Å². The molecule has 30 heavy (non-hydrogen) atoms. The van der Waals surface area contributed by atoms with Gasteiger partial charge in [0.15, 0.2) is 5.82 Å². The van der Waals surface area contributed by atoms with Crippen molar-refractivity contribution >= 4 is 16.9 Å². The van der Waals surface area contributed by atoms with Crippen LogP contribution in [0.2, 0.25) is 0 Å². The molecule has 8 nitrogen and oxygen atoms in total. The van der Waals surface area contributed by atoms with Gasteiger partial charge in [0.1, 0.15) is 17.3 Å². The standard InChI is InChI=1S/C22H23N7O/c1-15-25-21(29(27-15)20-14-24-17-7-2-3-8-18(17)26-20)16-6-5-12-28(13-10-16)22(30)19-9-4-11-23-19/h2-4,7-9,11,14,16,23H,5-6,10,12-13H2,1H3. The van der Waals surface area contributed by atoms with E-state index in [9.17, 15) is 4.79 Å². The molecule has 5 rings (SSSR count). The maximum absolute atomic E-state index is 12.7. The van der Waals surface area contributed by atoms with Crippen LogP contribution >= 0.6 is 0 Å². The highest BCUT2D eigenvalue weighted by Crippen LogP contribution is 2.29. The van der Waals surface area contributed by atoms with E-state index in [4.69, 9.17) is 9.97 Å². The molecule has 0 radical (unpaired) electrons. The summed E-state index contributed by atoms with van der Waals surface area (Å²) in [5.41, 5.74) is 2.32. The molecule has 3 aromatic heterocycles. The lowest BCUT2D eigenvalue weighted by molar-refractivity contribution is 0.0756. The average Bonchev–Trinajstić information content (AvgIpc) is 3.37. The topological polar surface area (TPSA) is 92.6 Å². The lowest BCUT2D eigenvalue weighted by Gasteiger charge is -2.20. The van der Waals surface area contributed by atoms with Crippen LogP contribution in [0.4, 0.5) is 0 Å². The molecule has 4 heterocycles. The van der Waals surface area contributed by atoms with Gasteiger partial charge in [-0.05, 0) is 50.5 Å². The molecule has 0 bridgehead atoms. The third kappa shape index (κ3) is 3.45. The Kier molecular flexibility index (Phi) is 4.74. The first kappa shape index (κ1) is 18.5. The summed E-state index contributed by atoms with van der Waals surface area (Å²) in [4.78, 5) is 31.7. The normalized spacial score (nSPS) is 17.2. The zero-order valence-corrected chi connectivity index (χ0v) is 16.8. The fraction of sp³-hybridized carbons (Fsp3) is 0.318. The van der Waals surface area contributed by atoms with E-state index in [1.807, 2.05) is 52.9 Å². The summed E-state index contributed by atoms with van der Waals surface area (Å²) in [5, 5.41) is 4.61. The summed E-state index contributed by atoms with van der Waals surface area (Å²) in [5.74, 6) is 2.54. The molecule has 1 unspecified atom stereocenters. The molecule has 0 spiro atoms. The van der Waals surface area contributed by atoms with Crippen molar-refractivity contribution in [3.63, 3.8) is 0 Å². The number of hydrogen-bond donors (Lipinski definition) is 1. The highest BCUT2D eigenvalue weighted by Gasteiger charge is 2.27. The third-order valence-electron chi connectivity index (χ3n) is 5.60. The largest absolute Gasteiger partial charge is 0.357 e. The fourth-order valence-electron chi connectivity index (χ4n) is 4.11. The van der Waals surface area contributed by atoms with Gasteiger partial charge in [0.25, 0.3) is 5.91 Å². The van der Waals surface area contributed by atoms with E-state index in [-0.39, 0.29) is 11.8 Å². The third-order valence-corrected chi connectivity index (χ3v) is 5.60. The van der Waals surface area contributed by atoms with Crippen molar-refractivity contribution in [2.24, 2.45) is 0 Å². The number of aryl methyl sites for hydroxylation is 1. The number of likely N-dealkylation sites (tertiary alicyclic amines) is 1. The minimum atomic E-state index is 0.0543. The number of nitrogens with zero attached hydrogens (tertiary/aromatic N) is 6. The van der Waals surface area contributed by atoms with Crippen LogP contribution in [0, 0.1) is 6.92 Å². The number of para-hydroxylation sites is 2. The number of H-pyrrole nitrogens is 1. The van der Waals surface area contributed by atoms with Crippen molar-refractivity contribution in [2.45, 2.75) is 32.1 Å². The van der Waals surface area contributed by atoms with E-state index in [1.54, 1.807) is 12.4 Å². The smallest absolute Gasteiger partial charge is 0.270 e. The molecule has 1 aliphatic rings. The number of fused-ring (bicyclic) bond motifs is 1. The van der Waals surface area contributed by atoms with Crippen molar-refractivity contribution in [1.29, 1.82) is 0 Å². The Morgan fingerprint density at radius 2 is 1.93 bits per heavy atom. The van der Waals surface area contributed by atoms with Crippen LogP contribution in [0.15, 0.2) is 48.8 Å². The molecule has 1 aliphatic heterocycles. The molecule has 0 aliphatic carbocycles. The summed E-state index contributed by atoms with van der Waals surface area (Å²) >= 11 is 0. The molecule has 0 saturated carbocycles. The number of aromatic amines is 1. The Bertz CT molecular complexity index is 1180. The minimum Gasteiger partial charge on any atom is -0.357 e. The quantitative estimate of drug-likeness (QED) is 0.569. The first-order chi connectivity index (χ1) is 14.7. The first-order valence-electron chi connectivity index (χ1n) is 10.3. The van der Waals surface area contributed by atoms with Crippen LogP contribution in [0.1, 0.15) is 47.3 Å². The molecule has 1 amide bonds. The molecule has 1 fully saturated rings. The molecule has 1 aromatic carbocycles. The number of carbonyl (C=O) groups excluding carboxylic acids is 1. The summed E-state index contributed by atoms with van der Waals surface area (Å²) in [7, 11) is 0. The number of aromatic nitrogens is 6. The lowest BCUT2D eigenvalue weighted by atomic mass is 10.00. The Hall–Kier alpha value is -3.55. The molecule has 152 valence electrons. The molecule has 1 atom stereocenters. The van der Waals surface area contributed by atoms with Crippen molar-refractivity contribution in [3.05, 3.63) is 66.1 Å². The predicted octanol–water partition coefficient (Wildman–Crippen LogP) is 3.26. The van der Waals surface area contributed by atoms with Gasteiger partial charge < -0.3 is 9.88 Å². The van der Waals surface area contributed by atoms with Crippen molar-refractivity contribution in [2.75, 3.05) is 13.1 Å². The van der Waals surface area contributed by atoms with Crippen LogP contribution in [0.3, 0.4) is 0 Å². The molecule has 1 N–H and O–H groups in total. The summed E-state index contributed by atoms with van der Waals surface area (Å²) < 4.78 is 1.82. The minimum absolute atomic E-state index is 0.0543. The second-order valence-corrected chi connectivity index (χ2v) is 7.65. The molecule has 8 heteroatoms. The maximum atomic E-state index is 12.7. The highest BCUT2D eigenvalue weighted by molar-refractivity contribution is 5.92. The maximum Gasteiger partial charge on any atom is 0.270 e. The van der Waals surface area contributed by atoms with E-state index in [2.05, 4.69) is 15.1 Å². The van der Waals surface area contributed by atoms with Gasteiger partial charge in [0, 0.05) is 25.2 Å². The van der Waals surface area contributed by atoms with Gasteiger partial charge in [-0.1, -0.05) is 12.1 Å². The number of benzene rings is 1. The summed E-state index contributed by atoms with van der Waals surface area (Å²) in [6, 6.07) is 11.5. The van der Waals surface area contributed by atoms with Crippen LogP contribution < -0.4 is 0 Å². The van der Waals surface area contributed by atoms with Gasteiger partial charge in [-0.3, -0.25) is 9.78 Å². The van der Waals surface area contributed by atoms with Crippen molar-refractivity contribution in [1.82, 2.24) is 34.6 Å². The number of hydrogen-bond acceptors (Lipinski definition) is 5. The van der Waals surface area contributed by atoms with Gasteiger partial charge in [0.2, 0.25) is 0 Å². The zero-order valence-electron chi connectivity index (χ0n) is 16.8. The zero-order chi connectivity index (χ0) is 20.5. The number of amides is 1. The van der Waals surface area contributed by atoms with Crippen molar-refractivity contribution < 1.29 is 4.79 Å². The second kappa shape index (κ2) is 7.70. The van der Waals surface area contributed by atoms with E-state index in [0.29, 0.717) is 23.9 Å². The van der Waals surface area contributed by atoms with Crippen LogP contribution in [-0.4, -0.2) is 53.6 Å². The van der Waals surface area contributed by atoms with E-state index in [0.717, 1.165) is 42.7 Å². The highest BCUT2D eigenvalue weighted by atomic mass is 16.2. The van der Waals surface area contributed by atoms with Gasteiger partial charge in [-0.15, -0.1) is 5.10 Å². The first-order valence-corrected chi connectivity index (χ1v) is 10.3. The fourth-order valence-corrected chi connectivity index (χ4v) is 4.11. The van der Waals surface area contributed by atoms with Gasteiger partial charge in [-0.2, -0.15) is 4.68 Å². The SMILES string of the molecule is Cc1nc(C2CCCN(C(=O)c3ccc[nH]3)CC2)n(-c2cnc3ccccc3n2)n1. The molecule has 1 saturated heterocycles. The Labute approximate surface area is 174 Å². The van der Waals surface area contributed by atoms with Crippen LogP contribution in [0.5, 0.6) is 0 Å². The molecular formula is C22H23N7O. The van der Waals surface area contributed by atoms with Crippen molar-refractivity contribution in [3.8, 4) is 5.82 Å². The monoisotopic (exact) mass is 401 g/mol. The molecular weight excluding hydrogens is 378 g/mol. The Balaban J connectivity index is 1.41. The number of nitrogens with one attached hydrogen (secondary N) is 1. The summed E-state index contributed by atoms with van der Waals surface area (Å²) in [6.45, 7) is 3.33. The van der Waals surface area contributed by atoms with Gasteiger partial charge in [0.05, 0.1) is 17.2 Å². The Morgan fingerprint density at radius 1 is 1.07 bits per heavy atom. The number of carbonyl (C=O) groups is 1.